The number of carbonyl (C=O) groups is 1. The highest BCUT2D eigenvalue weighted by Crippen LogP contribution is 2.37. The Kier molecular flexibility index (Phi) is 4.94. The largest absolute Gasteiger partial charge is 0.476 e. The molecule has 29 heavy (non-hydrogen) atoms. The zero-order valence-electron chi connectivity index (χ0n) is 15.6. The van der Waals surface area contributed by atoms with Crippen LogP contribution in [0.3, 0.4) is 0 Å². The van der Waals surface area contributed by atoms with E-state index in [2.05, 4.69) is 10.3 Å². The van der Waals surface area contributed by atoms with Crippen LogP contribution < -0.4 is 14.4 Å². The number of sulfonamides is 1. The average Bonchev–Trinajstić information content (AvgIpc) is 2.74. The zero-order chi connectivity index (χ0) is 20.4. The van der Waals surface area contributed by atoms with Crippen molar-refractivity contribution < 1.29 is 17.9 Å². The summed E-state index contributed by atoms with van der Waals surface area (Å²) in [6, 6.07) is 16.8. The van der Waals surface area contributed by atoms with E-state index in [9.17, 15) is 13.2 Å². The fourth-order valence-electron chi connectivity index (χ4n) is 3.06. The Morgan fingerprint density at radius 3 is 2.59 bits per heavy atom. The minimum absolute atomic E-state index is 0.140. The quantitative estimate of drug-likeness (QED) is 0.716. The highest BCUT2D eigenvalue weighted by atomic mass is 32.2. The van der Waals surface area contributed by atoms with Crippen molar-refractivity contribution in [1.82, 2.24) is 4.98 Å². The second-order valence-corrected chi connectivity index (χ2v) is 8.52. The van der Waals surface area contributed by atoms with E-state index in [1.54, 1.807) is 66.9 Å². The lowest BCUT2D eigenvalue weighted by molar-refractivity contribution is -0.122. The molecule has 1 aliphatic heterocycles. The van der Waals surface area contributed by atoms with Gasteiger partial charge in [0.05, 0.1) is 29.0 Å². The van der Waals surface area contributed by atoms with E-state index in [-0.39, 0.29) is 11.4 Å². The summed E-state index contributed by atoms with van der Waals surface area (Å²) < 4.78 is 33.7. The minimum atomic E-state index is -3.87. The summed E-state index contributed by atoms with van der Waals surface area (Å²) in [6.07, 6.45) is 2.10. The third kappa shape index (κ3) is 3.79. The number of carbonyl (C=O) groups excluding carboxylic acids is 1. The molecule has 2 heterocycles. The predicted molar refractivity (Wildman–Crippen MR) is 109 cm³/mol. The van der Waals surface area contributed by atoms with Crippen LogP contribution in [0.15, 0.2) is 78.0 Å². The van der Waals surface area contributed by atoms with Gasteiger partial charge in [-0.15, -0.1) is 0 Å². The highest BCUT2D eigenvalue weighted by molar-refractivity contribution is 7.92. The van der Waals surface area contributed by atoms with Gasteiger partial charge in [0.25, 0.3) is 15.9 Å². The molecule has 4 rings (SSSR count). The molecule has 3 aromatic rings. The third-order valence-corrected chi connectivity index (χ3v) is 6.36. The van der Waals surface area contributed by atoms with Crippen LogP contribution in [-0.2, 0) is 14.8 Å². The van der Waals surface area contributed by atoms with Crippen molar-refractivity contribution in [2.24, 2.45) is 0 Å². The van der Waals surface area contributed by atoms with Crippen molar-refractivity contribution in [3.63, 3.8) is 0 Å². The van der Waals surface area contributed by atoms with Crippen molar-refractivity contribution in [2.75, 3.05) is 16.2 Å². The predicted octanol–water partition coefficient (Wildman–Crippen LogP) is 2.99. The van der Waals surface area contributed by atoms with Crippen LogP contribution >= 0.6 is 0 Å². The summed E-state index contributed by atoms with van der Waals surface area (Å²) in [6.45, 7) is 1.75. The maximum atomic E-state index is 13.3. The Morgan fingerprint density at radius 2 is 1.86 bits per heavy atom. The van der Waals surface area contributed by atoms with E-state index in [1.807, 2.05) is 6.92 Å². The molecular weight excluding hydrogens is 390 g/mol. The first-order valence-corrected chi connectivity index (χ1v) is 10.4. The number of fused-ring (bicyclic) bond motifs is 1. The Bertz CT molecular complexity index is 1130. The molecule has 1 aliphatic rings. The maximum Gasteiger partial charge on any atom is 0.267 e. The van der Waals surface area contributed by atoms with Gasteiger partial charge >= 0.3 is 0 Å². The zero-order valence-corrected chi connectivity index (χ0v) is 16.5. The number of nitrogens with one attached hydrogen (secondary N) is 1. The van der Waals surface area contributed by atoms with E-state index in [4.69, 9.17) is 4.74 Å². The summed E-state index contributed by atoms with van der Waals surface area (Å²) in [5.41, 5.74) is 1.87. The summed E-state index contributed by atoms with van der Waals surface area (Å²) in [5, 5.41) is 2.71. The molecular formula is C21H19N3O4S. The second-order valence-electron chi connectivity index (χ2n) is 6.65. The van der Waals surface area contributed by atoms with E-state index in [0.717, 1.165) is 5.56 Å². The van der Waals surface area contributed by atoms with Gasteiger partial charge in [-0.2, -0.15) is 0 Å². The van der Waals surface area contributed by atoms with Crippen LogP contribution in [0, 0.1) is 6.92 Å². The highest BCUT2D eigenvalue weighted by Gasteiger charge is 2.37. The van der Waals surface area contributed by atoms with E-state index in [0.29, 0.717) is 17.1 Å². The number of aromatic nitrogens is 1. The fraction of sp³-hybridized carbons (Fsp3) is 0.143. The number of para-hydroxylation sites is 2. The standard InChI is InChI=1S/C21H19N3O4S/c1-15-8-10-17(11-9-15)29(26,27)24-14-20(28-19-7-3-2-6-18(19)24)21(25)23-16-5-4-12-22-13-16/h2-13,20H,14H2,1H3,(H,23,25). The van der Waals surface area contributed by atoms with Gasteiger partial charge in [-0.25, -0.2) is 8.42 Å². The molecule has 0 radical (unpaired) electrons. The van der Waals surface area contributed by atoms with Gasteiger partial charge in [-0.3, -0.25) is 14.1 Å². The molecule has 0 spiro atoms. The van der Waals surface area contributed by atoms with Crippen molar-refractivity contribution >= 4 is 27.3 Å². The van der Waals surface area contributed by atoms with Crippen LogP contribution in [0.4, 0.5) is 11.4 Å². The van der Waals surface area contributed by atoms with Crippen LogP contribution in [0.25, 0.3) is 0 Å². The van der Waals surface area contributed by atoms with E-state index in [1.165, 1.54) is 10.5 Å². The monoisotopic (exact) mass is 409 g/mol. The number of benzene rings is 2. The van der Waals surface area contributed by atoms with Gasteiger partial charge in [0, 0.05) is 6.20 Å². The number of ether oxygens (including phenoxy) is 1. The van der Waals surface area contributed by atoms with Crippen molar-refractivity contribution in [2.45, 2.75) is 17.9 Å². The molecule has 2 aromatic carbocycles. The Morgan fingerprint density at radius 1 is 1.10 bits per heavy atom. The molecule has 7 nitrogen and oxygen atoms in total. The van der Waals surface area contributed by atoms with Gasteiger partial charge < -0.3 is 10.1 Å². The van der Waals surface area contributed by atoms with Crippen LogP contribution in [0.2, 0.25) is 0 Å². The second kappa shape index (κ2) is 7.56. The number of nitrogens with zero attached hydrogens (tertiary/aromatic N) is 2. The average molecular weight is 409 g/mol. The smallest absolute Gasteiger partial charge is 0.267 e. The molecule has 1 unspecified atom stereocenters. The molecule has 0 saturated heterocycles. The molecule has 8 heteroatoms. The van der Waals surface area contributed by atoms with Crippen molar-refractivity contribution in [3.8, 4) is 5.75 Å². The number of amides is 1. The molecule has 1 N–H and O–H groups in total. The Labute approximate surface area is 169 Å². The van der Waals surface area contributed by atoms with Gasteiger partial charge in [-0.1, -0.05) is 29.8 Å². The molecule has 1 aromatic heterocycles. The van der Waals surface area contributed by atoms with Crippen LogP contribution in [-0.4, -0.2) is 32.0 Å². The number of hydrogen-bond acceptors (Lipinski definition) is 5. The third-order valence-electron chi connectivity index (χ3n) is 4.57. The summed E-state index contributed by atoms with van der Waals surface area (Å²) >= 11 is 0. The Hall–Kier alpha value is -3.39. The lowest BCUT2D eigenvalue weighted by Crippen LogP contribution is -2.48. The topological polar surface area (TPSA) is 88.6 Å². The van der Waals surface area contributed by atoms with Crippen molar-refractivity contribution in [3.05, 3.63) is 78.6 Å². The molecule has 148 valence electrons. The fourth-order valence-corrected chi connectivity index (χ4v) is 4.54. The SMILES string of the molecule is Cc1ccc(S(=O)(=O)N2CC(C(=O)Nc3cccnc3)Oc3ccccc32)cc1. The minimum Gasteiger partial charge on any atom is -0.476 e. The number of rotatable bonds is 4. The van der Waals surface area contributed by atoms with Crippen LogP contribution in [0.1, 0.15) is 5.56 Å². The van der Waals surface area contributed by atoms with Gasteiger partial charge in [-0.05, 0) is 43.3 Å². The molecule has 1 atom stereocenters. The number of pyridine rings is 1. The molecule has 0 saturated carbocycles. The molecule has 0 aliphatic carbocycles. The number of anilines is 2. The van der Waals surface area contributed by atoms with Crippen LogP contribution in [0.5, 0.6) is 5.75 Å². The molecule has 0 fully saturated rings. The first kappa shape index (κ1) is 18.9. The van der Waals surface area contributed by atoms with Crippen molar-refractivity contribution in [1.29, 1.82) is 0 Å². The summed E-state index contributed by atoms with van der Waals surface area (Å²) in [4.78, 5) is 16.9. The van der Waals surface area contributed by atoms with E-state index >= 15 is 0 Å². The Balaban J connectivity index is 1.68. The maximum absolute atomic E-state index is 13.3. The summed E-state index contributed by atoms with van der Waals surface area (Å²) in [7, 11) is -3.87. The molecule has 0 bridgehead atoms. The summed E-state index contributed by atoms with van der Waals surface area (Å²) in [5.74, 6) is -0.114. The molecule has 1 amide bonds. The van der Waals surface area contributed by atoms with Gasteiger partial charge in [0.1, 0.15) is 5.75 Å². The number of aryl methyl sites for hydroxylation is 1. The lowest BCUT2D eigenvalue weighted by Gasteiger charge is -2.34. The first-order chi connectivity index (χ1) is 13.9. The number of hydrogen-bond donors (Lipinski definition) is 1. The normalized spacial score (nSPS) is 15.9. The van der Waals surface area contributed by atoms with Gasteiger partial charge in [0.15, 0.2) is 6.10 Å². The van der Waals surface area contributed by atoms with E-state index < -0.39 is 22.0 Å². The lowest BCUT2D eigenvalue weighted by atomic mass is 10.2. The van der Waals surface area contributed by atoms with Gasteiger partial charge in [0.2, 0.25) is 0 Å². The first-order valence-electron chi connectivity index (χ1n) is 9.01.